The fourth-order valence-corrected chi connectivity index (χ4v) is 3.11. The molecule has 1 aromatic rings. The van der Waals surface area contributed by atoms with Gasteiger partial charge in [-0.3, -0.25) is 4.79 Å². The van der Waals surface area contributed by atoms with Gasteiger partial charge < -0.3 is 9.47 Å². The highest BCUT2D eigenvalue weighted by Crippen LogP contribution is 2.29. The molecule has 2 rings (SSSR count). The lowest BCUT2D eigenvalue weighted by Gasteiger charge is -2.28. The number of carbonyl (C=O) groups excluding carboxylic acids is 1. The number of carbonyl (C=O) groups is 1. The summed E-state index contributed by atoms with van der Waals surface area (Å²) < 4.78 is 10.7. The van der Waals surface area contributed by atoms with Crippen molar-refractivity contribution in [3.63, 3.8) is 0 Å². The fourth-order valence-electron chi connectivity index (χ4n) is 3.11. The molecule has 110 valence electrons. The van der Waals surface area contributed by atoms with Crippen LogP contribution in [-0.2, 0) is 16.0 Å². The Morgan fingerprint density at radius 3 is 2.65 bits per heavy atom. The normalized spacial score (nSPS) is 17.7. The van der Waals surface area contributed by atoms with Crippen LogP contribution in [0.2, 0.25) is 0 Å². The van der Waals surface area contributed by atoms with Crippen molar-refractivity contribution in [1.29, 1.82) is 0 Å². The van der Waals surface area contributed by atoms with E-state index in [1.165, 1.54) is 19.3 Å². The van der Waals surface area contributed by atoms with Gasteiger partial charge in [0.15, 0.2) is 5.78 Å². The maximum atomic E-state index is 12.5. The molecule has 0 radical (unpaired) electrons. The monoisotopic (exact) mass is 276 g/mol. The first kappa shape index (κ1) is 15.0. The van der Waals surface area contributed by atoms with Crippen LogP contribution >= 0.6 is 0 Å². The third kappa shape index (κ3) is 3.83. The maximum absolute atomic E-state index is 12.5. The first-order chi connectivity index (χ1) is 9.74. The molecule has 1 aliphatic rings. The van der Waals surface area contributed by atoms with Gasteiger partial charge in [-0.15, -0.1) is 0 Å². The zero-order valence-electron chi connectivity index (χ0n) is 12.4. The molecule has 1 unspecified atom stereocenters. The van der Waals surface area contributed by atoms with E-state index in [0.29, 0.717) is 12.3 Å². The second-order valence-corrected chi connectivity index (χ2v) is 5.55. The highest BCUT2D eigenvalue weighted by molar-refractivity contribution is 5.85. The van der Waals surface area contributed by atoms with E-state index in [-0.39, 0.29) is 11.9 Å². The molecular formula is C17H24O3. The Labute approximate surface area is 121 Å². The number of ether oxygens (including phenoxy) is 2. The summed E-state index contributed by atoms with van der Waals surface area (Å²) in [5.41, 5.74) is 0.993. The lowest BCUT2D eigenvalue weighted by molar-refractivity contribution is -0.132. The highest BCUT2D eigenvalue weighted by Gasteiger charge is 2.29. The molecule has 0 heterocycles. The summed E-state index contributed by atoms with van der Waals surface area (Å²) in [4.78, 5) is 12.5. The molecule has 20 heavy (non-hydrogen) atoms. The average molecular weight is 276 g/mol. The van der Waals surface area contributed by atoms with Crippen molar-refractivity contribution in [2.75, 3.05) is 14.2 Å². The van der Waals surface area contributed by atoms with Crippen LogP contribution in [0.15, 0.2) is 24.3 Å². The van der Waals surface area contributed by atoms with Gasteiger partial charge in [0.2, 0.25) is 0 Å². The summed E-state index contributed by atoms with van der Waals surface area (Å²) in [6.45, 7) is 0. The molecule has 3 nitrogen and oxygen atoms in total. The van der Waals surface area contributed by atoms with Crippen LogP contribution in [0.3, 0.4) is 0 Å². The van der Waals surface area contributed by atoms with E-state index in [1.807, 2.05) is 24.3 Å². The second-order valence-electron chi connectivity index (χ2n) is 5.55. The molecule has 1 saturated carbocycles. The largest absolute Gasteiger partial charge is 0.497 e. The molecule has 0 aliphatic heterocycles. The molecule has 0 aromatic heterocycles. The lowest BCUT2D eigenvalue weighted by Crippen LogP contribution is -2.34. The number of ketones is 1. The van der Waals surface area contributed by atoms with Crippen LogP contribution in [0.4, 0.5) is 0 Å². The van der Waals surface area contributed by atoms with Crippen molar-refractivity contribution < 1.29 is 14.3 Å². The van der Waals surface area contributed by atoms with E-state index in [4.69, 9.17) is 9.47 Å². The molecule has 0 amide bonds. The predicted octanol–water partition coefficient (Wildman–Crippen LogP) is 3.40. The first-order valence-electron chi connectivity index (χ1n) is 7.43. The summed E-state index contributed by atoms with van der Waals surface area (Å²) >= 11 is 0. The predicted molar refractivity (Wildman–Crippen MR) is 79.1 cm³/mol. The van der Waals surface area contributed by atoms with Crippen molar-refractivity contribution in [1.82, 2.24) is 0 Å². The molecule has 0 N–H and O–H groups in total. The molecule has 3 heteroatoms. The molecule has 0 bridgehead atoms. The third-order valence-electron chi connectivity index (χ3n) is 4.16. The standard InChI is InChI=1S/C17H24O3/c1-19-15-10-6-7-13(11-15)12-16(18)17(20-2)14-8-4-3-5-9-14/h6-7,10-11,14,17H,3-5,8-9,12H2,1-2H3. The SMILES string of the molecule is COc1cccc(CC(=O)C(OC)C2CCCCC2)c1. The number of methoxy groups -OCH3 is 2. The van der Waals surface area contributed by atoms with Crippen LogP contribution in [-0.4, -0.2) is 26.1 Å². The van der Waals surface area contributed by atoms with Gasteiger partial charge in [-0.2, -0.15) is 0 Å². The van der Waals surface area contributed by atoms with Gasteiger partial charge in [-0.1, -0.05) is 31.4 Å². The summed E-state index contributed by atoms with van der Waals surface area (Å²) in [5, 5.41) is 0. The Kier molecular flexibility index (Phi) is 5.60. The summed E-state index contributed by atoms with van der Waals surface area (Å²) in [6.07, 6.45) is 6.13. The molecule has 0 spiro atoms. The maximum Gasteiger partial charge on any atom is 0.166 e. The van der Waals surface area contributed by atoms with Gasteiger partial charge in [0.1, 0.15) is 11.9 Å². The molecule has 1 aliphatic carbocycles. The van der Waals surface area contributed by atoms with Crippen molar-refractivity contribution in [2.45, 2.75) is 44.6 Å². The first-order valence-corrected chi connectivity index (χ1v) is 7.43. The van der Waals surface area contributed by atoms with Crippen molar-refractivity contribution in [3.05, 3.63) is 29.8 Å². The van der Waals surface area contributed by atoms with E-state index >= 15 is 0 Å². The highest BCUT2D eigenvalue weighted by atomic mass is 16.5. The Balaban J connectivity index is 2.00. The van der Waals surface area contributed by atoms with Crippen molar-refractivity contribution in [2.24, 2.45) is 5.92 Å². The number of rotatable bonds is 6. The van der Waals surface area contributed by atoms with E-state index in [1.54, 1.807) is 14.2 Å². The van der Waals surface area contributed by atoms with E-state index in [2.05, 4.69) is 0 Å². The second kappa shape index (κ2) is 7.44. The molecular weight excluding hydrogens is 252 g/mol. The quantitative estimate of drug-likeness (QED) is 0.799. The Morgan fingerprint density at radius 2 is 2.00 bits per heavy atom. The van der Waals surface area contributed by atoms with E-state index < -0.39 is 0 Å². The van der Waals surface area contributed by atoms with Gasteiger partial charge >= 0.3 is 0 Å². The van der Waals surface area contributed by atoms with Crippen LogP contribution in [0.25, 0.3) is 0 Å². The summed E-state index contributed by atoms with van der Waals surface area (Å²) in [6, 6.07) is 7.70. The van der Waals surface area contributed by atoms with Gasteiger partial charge in [0.05, 0.1) is 7.11 Å². The number of Topliss-reactive ketones (excluding diaryl/α,β-unsaturated/α-hetero) is 1. The summed E-state index contributed by atoms with van der Waals surface area (Å²) in [5.74, 6) is 1.38. The third-order valence-corrected chi connectivity index (χ3v) is 4.16. The van der Waals surface area contributed by atoms with Gasteiger partial charge in [0.25, 0.3) is 0 Å². The fraction of sp³-hybridized carbons (Fsp3) is 0.588. The van der Waals surface area contributed by atoms with Crippen LogP contribution in [0.5, 0.6) is 5.75 Å². The van der Waals surface area contributed by atoms with Gasteiger partial charge in [-0.25, -0.2) is 0 Å². The molecule has 0 saturated heterocycles. The zero-order valence-corrected chi connectivity index (χ0v) is 12.4. The molecule has 1 fully saturated rings. The number of hydrogen-bond acceptors (Lipinski definition) is 3. The van der Waals surface area contributed by atoms with Gasteiger partial charge in [-0.05, 0) is 36.5 Å². The number of benzene rings is 1. The number of hydrogen-bond donors (Lipinski definition) is 0. The Morgan fingerprint density at radius 1 is 1.25 bits per heavy atom. The molecule has 1 aromatic carbocycles. The van der Waals surface area contributed by atoms with Gasteiger partial charge in [0, 0.05) is 13.5 Å². The summed E-state index contributed by atoms with van der Waals surface area (Å²) in [7, 11) is 3.30. The van der Waals surface area contributed by atoms with Crippen LogP contribution in [0.1, 0.15) is 37.7 Å². The smallest absolute Gasteiger partial charge is 0.166 e. The lowest BCUT2D eigenvalue weighted by atomic mass is 9.82. The minimum absolute atomic E-state index is 0.188. The van der Waals surface area contributed by atoms with E-state index in [0.717, 1.165) is 24.2 Å². The van der Waals surface area contributed by atoms with Crippen molar-refractivity contribution in [3.8, 4) is 5.75 Å². The topological polar surface area (TPSA) is 35.5 Å². The van der Waals surface area contributed by atoms with Crippen LogP contribution in [0, 0.1) is 5.92 Å². The van der Waals surface area contributed by atoms with Crippen LogP contribution < -0.4 is 4.74 Å². The Hall–Kier alpha value is -1.35. The Bertz CT molecular complexity index is 436. The van der Waals surface area contributed by atoms with E-state index in [9.17, 15) is 4.79 Å². The van der Waals surface area contributed by atoms with Crippen molar-refractivity contribution >= 4 is 5.78 Å². The zero-order chi connectivity index (χ0) is 14.4. The molecule has 1 atom stereocenters. The average Bonchev–Trinajstić information content (AvgIpc) is 2.49. The minimum atomic E-state index is -0.249. The minimum Gasteiger partial charge on any atom is -0.497 e.